The molecule has 1 fully saturated rings. The Bertz CT molecular complexity index is 493. The summed E-state index contributed by atoms with van der Waals surface area (Å²) in [6.45, 7) is 7.19. The first-order chi connectivity index (χ1) is 9.56. The summed E-state index contributed by atoms with van der Waals surface area (Å²) in [4.78, 5) is 13.4. The minimum Gasteiger partial charge on any atom is -0.327 e. The molecular weight excluding hydrogens is 250 g/mol. The van der Waals surface area contributed by atoms with Crippen LogP contribution in [-0.4, -0.2) is 25.5 Å². The van der Waals surface area contributed by atoms with Gasteiger partial charge in [0.1, 0.15) is 0 Å². The van der Waals surface area contributed by atoms with Crippen LogP contribution in [0, 0.1) is 23.2 Å². The molecular formula is C16H22N3O+. The normalized spacial score (nSPS) is 25.8. The number of benzene rings is 1. The SMILES string of the molecule is C[C@H]1C[C@H](C)C[NH+](CC(=O)Nc2ccc(C#N)cc2)C1. The fourth-order valence-electron chi connectivity index (χ4n) is 3.13. The van der Waals surface area contributed by atoms with E-state index in [0.29, 0.717) is 23.9 Å². The van der Waals surface area contributed by atoms with Crippen molar-refractivity contribution in [2.45, 2.75) is 20.3 Å². The largest absolute Gasteiger partial charge is 0.327 e. The van der Waals surface area contributed by atoms with Gasteiger partial charge in [-0.1, -0.05) is 13.8 Å². The Balaban J connectivity index is 1.87. The van der Waals surface area contributed by atoms with Crippen molar-refractivity contribution < 1.29 is 9.69 Å². The Morgan fingerprint density at radius 3 is 2.45 bits per heavy atom. The highest BCUT2D eigenvalue weighted by Gasteiger charge is 2.26. The smallest absolute Gasteiger partial charge is 0.279 e. The number of amides is 1. The predicted molar refractivity (Wildman–Crippen MR) is 78.3 cm³/mol. The summed E-state index contributed by atoms with van der Waals surface area (Å²) in [5, 5.41) is 11.6. The quantitative estimate of drug-likeness (QED) is 0.864. The highest BCUT2D eigenvalue weighted by atomic mass is 16.2. The van der Waals surface area contributed by atoms with E-state index in [-0.39, 0.29) is 5.91 Å². The summed E-state index contributed by atoms with van der Waals surface area (Å²) in [6.07, 6.45) is 1.26. The van der Waals surface area contributed by atoms with Crippen molar-refractivity contribution in [3.63, 3.8) is 0 Å². The van der Waals surface area contributed by atoms with Gasteiger partial charge in [0, 0.05) is 17.5 Å². The summed E-state index contributed by atoms with van der Waals surface area (Å²) >= 11 is 0. The summed E-state index contributed by atoms with van der Waals surface area (Å²) in [5.41, 5.74) is 1.36. The van der Waals surface area contributed by atoms with E-state index in [0.717, 1.165) is 18.8 Å². The molecule has 0 aliphatic carbocycles. The molecule has 1 aliphatic rings. The zero-order valence-corrected chi connectivity index (χ0v) is 12.1. The van der Waals surface area contributed by atoms with Gasteiger partial charge < -0.3 is 10.2 Å². The molecule has 1 heterocycles. The van der Waals surface area contributed by atoms with Crippen LogP contribution in [0.5, 0.6) is 0 Å². The first kappa shape index (κ1) is 14.5. The molecule has 1 saturated heterocycles. The number of nitrogens with one attached hydrogen (secondary N) is 2. The molecule has 0 aromatic heterocycles. The fraction of sp³-hybridized carbons (Fsp3) is 0.500. The number of hydrogen-bond acceptors (Lipinski definition) is 2. The number of likely N-dealkylation sites (tertiary alicyclic amines) is 1. The van der Waals surface area contributed by atoms with Crippen molar-refractivity contribution in [3.8, 4) is 6.07 Å². The monoisotopic (exact) mass is 272 g/mol. The van der Waals surface area contributed by atoms with Gasteiger partial charge in [-0.15, -0.1) is 0 Å². The number of carbonyl (C=O) groups is 1. The molecule has 0 unspecified atom stereocenters. The molecule has 0 saturated carbocycles. The lowest BCUT2D eigenvalue weighted by molar-refractivity contribution is -0.904. The molecule has 0 spiro atoms. The van der Waals surface area contributed by atoms with E-state index in [1.165, 1.54) is 11.3 Å². The summed E-state index contributed by atoms with van der Waals surface area (Å²) in [6, 6.07) is 9.04. The molecule has 2 rings (SSSR count). The minimum atomic E-state index is 0.0472. The summed E-state index contributed by atoms with van der Waals surface area (Å²) in [5.74, 6) is 1.43. The van der Waals surface area contributed by atoms with E-state index >= 15 is 0 Å². The Hall–Kier alpha value is -1.86. The van der Waals surface area contributed by atoms with Crippen LogP contribution >= 0.6 is 0 Å². The van der Waals surface area contributed by atoms with Crippen LogP contribution in [0.15, 0.2) is 24.3 Å². The number of nitriles is 1. The topological polar surface area (TPSA) is 57.3 Å². The number of nitrogens with zero attached hydrogens (tertiary/aromatic N) is 1. The lowest BCUT2D eigenvalue weighted by atomic mass is 9.92. The Labute approximate surface area is 120 Å². The molecule has 1 aromatic rings. The molecule has 106 valence electrons. The van der Waals surface area contributed by atoms with E-state index in [4.69, 9.17) is 5.26 Å². The van der Waals surface area contributed by atoms with Crippen molar-refractivity contribution >= 4 is 11.6 Å². The number of quaternary nitrogens is 1. The zero-order valence-electron chi connectivity index (χ0n) is 12.1. The van der Waals surface area contributed by atoms with Crippen LogP contribution in [0.2, 0.25) is 0 Å². The predicted octanol–water partition coefficient (Wildman–Crippen LogP) is 1.06. The third kappa shape index (κ3) is 4.07. The number of rotatable bonds is 3. The molecule has 2 N–H and O–H groups in total. The first-order valence-corrected chi connectivity index (χ1v) is 7.20. The second kappa shape index (κ2) is 6.53. The van der Waals surface area contributed by atoms with Gasteiger partial charge >= 0.3 is 0 Å². The first-order valence-electron chi connectivity index (χ1n) is 7.20. The van der Waals surface area contributed by atoms with Gasteiger partial charge in [0.25, 0.3) is 5.91 Å². The summed E-state index contributed by atoms with van der Waals surface area (Å²) < 4.78 is 0. The van der Waals surface area contributed by atoms with Crippen LogP contribution in [0.1, 0.15) is 25.8 Å². The molecule has 1 aromatic carbocycles. The van der Waals surface area contributed by atoms with E-state index < -0.39 is 0 Å². The van der Waals surface area contributed by atoms with Crippen LogP contribution in [0.25, 0.3) is 0 Å². The Kier molecular flexibility index (Phi) is 4.75. The highest BCUT2D eigenvalue weighted by molar-refractivity contribution is 5.91. The van der Waals surface area contributed by atoms with Gasteiger partial charge in [0.15, 0.2) is 6.54 Å². The fourth-order valence-corrected chi connectivity index (χ4v) is 3.13. The van der Waals surface area contributed by atoms with E-state index in [9.17, 15) is 4.79 Å². The van der Waals surface area contributed by atoms with E-state index in [2.05, 4.69) is 25.2 Å². The molecule has 0 bridgehead atoms. The summed E-state index contributed by atoms with van der Waals surface area (Å²) in [7, 11) is 0. The van der Waals surface area contributed by atoms with Crippen molar-refractivity contribution in [1.29, 1.82) is 5.26 Å². The standard InChI is InChI=1S/C16H21N3O/c1-12-7-13(2)10-19(9-12)11-16(20)18-15-5-3-14(8-17)4-6-15/h3-6,12-13H,7,9-11H2,1-2H3,(H,18,20)/p+1/t12-,13-/m0/s1. The van der Waals surface area contributed by atoms with Crippen LogP contribution in [0.3, 0.4) is 0 Å². The number of anilines is 1. The molecule has 4 nitrogen and oxygen atoms in total. The second-order valence-corrected chi connectivity index (χ2v) is 6.02. The van der Waals surface area contributed by atoms with Gasteiger partial charge in [0.2, 0.25) is 0 Å². The Morgan fingerprint density at radius 2 is 1.90 bits per heavy atom. The van der Waals surface area contributed by atoms with Crippen molar-refractivity contribution in [3.05, 3.63) is 29.8 Å². The lowest BCUT2D eigenvalue weighted by Crippen LogP contribution is -3.15. The van der Waals surface area contributed by atoms with Gasteiger partial charge in [0.05, 0.1) is 24.7 Å². The maximum atomic E-state index is 12.1. The van der Waals surface area contributed by atoms with Gasteiger partial charge in [-0.25, -0.2) is 0 Å². The number of piperidine rings is 1. The number of carbonyl (C=O) groups excluding carboxylic acids is 1. The Morgan fingerprint density at radius 1 is 1.30 bits per heavy atom. The maximum Gasteiger partial charge on any atom is 0.279 e. The number of hydrogen-bond donors (Lipinski definition) is 2. The van der Waals surface area contributed by atoms with E-state index in [1.54, 1.807) is 24.3 Å². The van der Waals surface area contributed by atoms with Crippen molar-refractivity contribution in [1.82, 2.24) is 0 Å². The zero-order chi connectivity index (χ0) is 14.5. The lowest BCUT2D eigenvalue weighted by Gasteiger charge is -2.31. The average Bonchev–Trinajstić information content (AvgIpc) is 2.38. The minimum absolute atomic E-state index is 0.0472. The molecule has 20 heavy (non-hydrogen) atoms. The molecule has 2 atom stereocenters. The van der Waals surface area contributed by atoms with Gasteiger partial charge in [-0.05, 0) is 30.7 Å². The van der Waals surface area contributed by atoms with Crippen LogP contribution in [0.4, 0.5) is 5.69 Å². The molecule has 0 radical (unpaired) electrons. The molecule has 4 heteroatoms. The molecule has 1 amide bonds. The third-order valence-electron chi connectivity index (χ3n) is 3.79. The molecule has 1 aliphatic heterocycles. The van der Waals surface area contributed by atoms with Gasteiger partial charge in [-0.3, -0.25) is 4.79 Å². The maximum absolute atomic E-state index is 12.1. The van der Waals surface area contributed by atoms with Crippen molar-refractivity contribution in [2.75, 3.05) is 25.0 Å². The van der Waals surface area contributed by atoms with Crippen LogP contribution < -0.4 is 10.2 Å². The highest BCUT2D eigenvalue weighted by Crippen LogP contribution is 2.12. The van der Waals surface area contributed by atoms with Crippen molar-refractivity contribution in [2.24, 2.45) is 11.8 Å². The van der Waals surface area contributed by atoms with Gasteiger partial charge in [-0.2, -0.15) is 5.26 Å². The van der Waals surface area contributed by atoms with E-state index in [1.807, 2.05) is 0 Å². The third-order valence-corrected chi connectivity index (χ3v) is 3.79. The van der Waals surface area contributed by atoms with Crippen LogP contribution in [-0.2, 0) is 4.79 Å². The second-order valence-electron chi connectivity index (χ2n) is 6.02. The average molecular weight is 272 g/mol.